The summed E-state index contributed by atoms with van der Waals surface area (Å²) >= 11 is 3.41. The summed E-state index contributed by atoms with van der Waals surface area (Å²) in [5.41, 5.74) is 1.59. The highest BCUT2D eigenvalue weighted by atomic mass is 79.9. The maximum atomic E-state index is 13.0. The number of benzene rings is 2. The molecule has 0 fully saturated rings. The van der Waals surface area contributed by atoms with Gasteiger partial charge in [0.25, 0.3) is 5.91 Å². The van der Waals surface area contributed by atoms with Gasteiger partial charge in [-0.1, -0.05) is 19.1 Å². The summed E-state index contributed by atoms with van der Waals surface area (Å²) < 4.78 is 19.3. The van der Waals surface area contributed by atoms with E-state index in [2.05, 4.69) is 28.2 Å². The zero-order valence-electron chi connectivity index (χ0n) is 11.5. The lowest BCUT2D eigenvalue weighted by Crippen LogP contribution is -2.20. The van der Waals surface area contributed by atoms with Crippen molar-refractivity contribution in [1.29, 1.82) is 0 Å². The molecule has 2 aromatic carbocycles. The molecule has 0 heterocycles. The van der Waals surface area contributed by atoms with Crippen molar-refractivity contribution in [3.63, 3.8) is 0 Å². The number of nitrogens with one attached hydrogen (secondary N) is 1. The van der Waals surface area contributed by atoms with Gasteiger partial charge in [0.15, 0.2) is 6.61 Å². The molecule has 0 atom stereocenters. The molecule has 1 amide bonds. The summed E-state index contributed by atoms with van der Waals surface area (Å²) in [6, 6.07) is 11.4. The second kappa shape index (κ2) is 7.22. The molecular weight excluding hydrogens is 337 g/mol. The Kier molecular flexibility index (Phi) is 5.33. The van der Waals surface area contributed by atoms with E-state index in [1.54, 1.807) is 6.07 Å². The molecule has 3 nitrogen and oxygen atoms in total. The van der Waals surface area contributed by atoms with Gasteiger partial charge in [-0.15, -0.1) is 0 Å². The molecule has 0 saturated heterocycles. The molecule has 0 bridgehead atoms. The third-order valence-corrected chi connectivity index (χ3v) is 3.49. The smallest absolute Gasteiger partial charge is 0.262 e. The topological polar surface area (TPSA) is 38.3 Å². The van der Waals surface area contributed by atoms with Crippen molar-refractivity contribution >= 4 is 27.5 Å². The first-order valence-electron chi connectivity index (χ1n) is 6.55. The van der Waals surface area contributed by atoms with Gasteiger partial charge in [0.2, 0.25) is 0 Å². The minimum absolute atomic E-state index is 0.138. The van der Waals surface area contributed by atoms with Gasteiger partial charge in [-0.25, -0.2) is 4.39 Å². The Balaban J connectivity index is 1.92. The molecule has 1 N–H and O–H groups in total. The number of halogens is 2. The van der Waals surface area contributed by atoms with Crippen molar-refractivity contribution in [3.05, 3.63) is 58.3 Å². The van der Waals surface area contributed by atoms with Crippen LogP contribution in [-0.2, 0) is 11.2 Å². The van der Waals surface area contributed by atoms with Crippen LogP contribution >= 0.6 is 15.9 Å². The van der Waals surface area contributed by atoms with E-state index in [9.17, 15) is 9.18 Å². The summed E-state index contributed by atoms with van der Waals surface area (Å²) in [5, 5.41) is 2.58. The van der Waals surface area contributed by atoms with E-state index < -0.39 is 5.82 Å². The summed E-state index contributed by atoms with van der Waals surface area (Å²) in [5.74, 6) is -0.139. The van der Waals surface area contributed by atoms with Crippen molar-refractivity contribution in [2.45, 2.75) is 13.3 Å². The van der Waals surface area contributed by atoms with E-state index in [-0.39, 0.29) is 12.5 Å². The molecule has 0 aromatic heterocycles. The molecule has 110 valence electrons. The molecule has 0 unspecified atom stereocenters. The van der Waals surface area contributed by atoms with Crippen LogP contribution in [0.5, 0.6) is 5.75 Å². The number of anilines is 1. The van der Waals surface area contributed by atoms with Crippen molar-refractivity contribution in [2.24, 2.45) is 0 Å². The molecule has 0 aliphatic rings. The Morgan fingerprint density at radius 3 is 2.76 bits per heavy atom. The molecule has 5 heteroatoms. The molecule has 2 aromatic rings. The Bertz CT molecular complexity index is 646. The average molecular weight is 352 g/mol. The van der Waals surface area contributed by atoms with Gasteiger partial charge in [-0.2, -0.15) is 0 Å². The SMILES string of the molecule is CCc1ccc(OCC(=O)Nc2cccc(F)c2)c(Br)c1. The van der Waals surface area contributed by atoms with Gasteiger partial charge in [0.05, 0.1) is 4.47 Å². The Morgan fingerprint density at radius 1 is 1.29 bits per heavy atom. The quantitative estimate of drug-likeness (QED) is 0.877. The second-order valence-corrected chi connectivity index (χ2v) is 5.32. The third kappa shape index (κ3) is 4.56. The molecule has 0 aliphatic carbocycles. The number of aryl methyl sites for hydroxylation is 1. The Labute approximate surface area is 131 Å². The second-order valence-electron chi connectivity index (χ2n) is 4.47. The lowest BCUT2D eigenvalue weighted by atomic mass is 10.2. The van der Waals surface area contributed by atoms with Crippen LogP contribution in [0.2, 0.25) is 0 Å². The highest BCUT2D eigenvalue weighted by Gasteiger charge is 2.07. The number of amides is 1. The maximum absolute atomic E-state index is 13.0. The molecule has 0 aliphatic heterocycles. The number of hydrogen-bond donors (Lipinski definition) is 1. The minimum Gasteiger partial charge on any atom is -0.483 e. The maximum Gasteiger partial charge on any atom is 0.262 e. The van der Waals surface area contributed by atoms with Crippen LogP contribution < -0.4 is 10.1 Å². The first kappa shape index (κ1) is 15.5. The monoisotopic (exact) mass is 351 g/mol. The standard InChI is InChI=1S/C16H15BrFNO2/c1-2-11-6-7-15(14(17)8-11)21-10-16(20)19-13-5-3-4-12(18)9-13/h3-9H,2,10H2,1H3,(H,19,20). The van der Waals surface area contributed by atoms with E-state index in [1.807, 2.05) is 18.2 Å². The first-order valence-corrected chi connectivity index (χ1v) is 7.34. The van der Waals surface area contributed by atoms with Gasteiger partial charge in [0, 0.05) is 5.69 Å². The van der Waals surface area contributed by atoms with Crippen LogP contribution in [0, 0.1) is 5.82 Å². The molecule has 0 saturated carbocycles. The molecule has 0 radical (unpaired) electrons. The number of carbonyl (C=O) groups excluding carboxylic acids is 1. The third-order valence-electron chi connectivity index (χ3n) is 2.87. The van der Waals surface area contributed by atoms with Crippen LogP contribution in [0.3, 0.4) is 0 Å². The number of ether oxygens (including phenoxy) is 1. The van der Waals surface area contributed by atoms with E-state index >= 15 is 0 Å². The molecule has 0 spiro atoms. The molecular formula is C16H15BrFNO2. The van der Waals surface area contributed by atoms with Crippen molar-refractivity contribution in [1.82, 2.24) is 0 Å². The van der Waals surface area contributed by atoms with Crippen molar-refractivity contribution < 1.29 is 13.9 Å². The van der Waals surface area contributed by atoms with Gasteiger partial charge < -0.3 is 10.1 Å². The Hall–Kier alpha value is -1.88. The molecule has 21 heavy (non-hydrogen) atoms. The highest BCUT2D eigenvalue weighted by molar-refractivity contribution is 9.10. The van der Waals surface area contributed by atoms with Crippen LogP contribution in [0.4, 0.5) is 10.1 Å². The summed E-state index contributed by atoms with van der Waals surface area (Å²) in [4.78, 5) is 11.8. The number of hydrogen-bond acceptors (Lipinski definition) is 2. The fourth-order valence-electron chi connectivity index (χ4n) is 1.79. The fraction of sp³-hybridized carbons (Fsp3) is 0.188. The number of carbonyl (C=O) groups is 1. The molecule has 2 rings (SSSR count). The summed E-state index contributed by atoms with van der Waals surface area (Å²) in [6.45, 7) is 1.93. The van der Waals surface area contributed by atoms with E-state index in [0.29, 0.717) is 11.4 Å². The van der Waals surface area contributed by atoms with Crippen LogP contribution in [0.1, 0.15) is 12.5 Å². The van der Waals surface area contributed by atoms with Gasteiger partial charge in [-0.05, 0) is 58.2 Å². The van der Waals surface area contributed by atoms with Gasteiger partial charge in [-0.3, -0.25) is 4.79 Å². The van der Waals surface area contributed by atoms with Gasteiger partial charge >= 0.3 is 0 Å². The van der Waals surface area contributed by atoms with E-state index in [0.717, 1.165) is 10.9 Å². The van der Waals surface area contributed by atoms with E-state index in [1.165, 1.54) is 23.8 Å². The van der Waals surface area contributed by atoms with E-state index in [4.69, 9.17) is 4.74 Å². The lowest BCUT2D eigenvalue weighted by Gasteiger charge is -2.10. The van der Waals surface area contributed by atoms with Gasteiger partial charge in [0.1, 0.15) is 11.6 Å². The predicted octanol–water partition coefficient (Wildman–Crippen LogP) is 4.17. The lowest BCUT2D eigenvalue weighted by molar-refractivity contribution is -0.118. The summed E-state index contributed by atoms with van der Waals surface area (Å²) in [6.07, 6.45) is 0.930. The van der Waals surface area contributed by atoms with Crippen LogP contribution in [-0.4, -0.2) is 12.5 Å². The zero-order chi connectivity index (χ0) is 15.2. The minimum atomic E-state index is -0.397. The number of rotatable bonds is 5. The Morgan fingerprint density at radius 2 is 2.10 bits per heavy atom. The fourth-order valence-corrected chi connectivity index (χ4v) is 2.33. The normalized spacial score (nSPS) is 10.2. The zero-order valence-corrected chi connectivity index (χ0v) is 13.1. The average Bonchev–Trinajstić information content (AvgIpc) is 2.46. The van der Waals surface area contributed by atoms with Crippen LogP contribution in [0.25, 0.3) is 0 Å². The van der Waals surface area contributed by atoms with Crippen molar-refractivity contribution in [3.8, 4) is 5.75 Å². The van der Waals surface area contributed by atoms with Crippen molar-refractivity contribution in [2.75, 3.05) is 11.9 Å². The first-order chi connectivity index (χ1) is 10.1. The van der Waals surface area contributed by atoms with Crippen LogP contribution in [0.15, 0.2) is 46.9 Å². The summed E-state index contributed by atoms with van der Waals surface area (Å²) in [7, 11) is 0. The predicted molar refractivity (Wildman–Crippen MR) is 84.0 cm³/mol. The highest BCUT2D eigenvalue weighted by Crippen LogP contribution is 2.26. The largest absolute Gasteiger partial charge is 0.483 e.